The Morgan fingerprint density at radius 2 is 2.00 bits per heavy atom. The van der Waals surface area contributed by atoms with Crippen molar-refractivity contribution in [1.82, 2.24) is 5.32 Å². The van der Waals surface area contributed by atoms with Gasteiger partial charge >= 0.3 is 0 Å². The number of hydrogen-bond donors (Lipinski definition) is 2. The first-order valence-corrected chi connectivity index (χ1v) is 6.14. The van der Waals surface area contributed by atoms with Gasteiger partial charge in [-0.1, -0.05) is 25.7 Å². The van der Waals surface area contributed by atoms with E-state index in [9.17, 15) is 5.11 Å². The van der Waals surface area contributed by atoms with E-state index in [1.165, 1.54) is 25.7 Å². The van der Waals surface area contributed by atoms with E-state index < -0.39 is 0 Å². The van der Waals surface area contributed by atoms with Crippen molar-refractivity contribution in [1.29, 1.82) is 0 Å². The van der Waals surface area contributed by atoms with Gasteiger partial charge in [-0.2, -0.15) is 0 Å². The van der Waals surface area contributed by atoms with Crippen LogP contribution in [0.3, 0.4) is 0 Å². The second-order valence-corrected chi connectivity index (χ2v) is 4.74. The molecule has 1 rings (SSSR count). The van der Waals surface area contributed by atoms with E-state index in [1.807, 2.05) is 6.92 Å². The summed E-state index contributed by atoms with van der Waals surface area (Å²) in [4.78, 5) is 0. The number of nitrogens with one attached hydrogen (secondary N) is 1. The Bertz CT molecular complexity index is 158. The molecule has 90 valence electrons. The van der Waals surface area contributed by atoms with E-state index in [2.05, 4.69) is 5.32 Å². The minimum absolute atomic E-state index is 0.183. The molecule has 3 heteroatoms. The van der Waals surface area contributed by atoms with Crippen molar-refractivity contribution < 1.29 is 9.84 Å². The molecule has 0 bridgehead atoms. The van der Waals surface area contributed by atoms with Crippen LogP contribution in [0, 0.1) is 5.92 Å². The minimum Gasteiger partial charge on any atom is -0.392 e. The van der Waals surface area contributed by atoms with Crippen LogP contribution < -0.4 is 5.32 Å². The van der Waals surface area contributed by atoms with Crippen molar-refractivity contribution in [2.24, 2.45) is 5.92 Å². The van der Waals surface area contributed by atoms with Crippen molar-refractivity contribution >= 4 is 0 Å². The van der Waals surface area contributed by atoms with E-state index in [4.69, 9.17) is 4.74 Å². The number of hydrogen-bond acceptors (Lipinski definition) is 3. The Morgan fingerprint density at radius 3 is 2.60 bits per heavy atom. The van der Waals surface area contributed by atoms with Crippen LogP contribution in [0.4, 0.5) is 0 Å². The molecular formula is C12H25NO2. The smallest absolute Gasteiger partial charge is 0.0667 e. The molecule has 0 amide bonds. The predicted octanol–water partition coefficient (Wildman–Crippen LogP) is 1.55. The lowest BCUT2D eigenvalue weighted by atomic mass is 10.00. The maximum absolute atomic E-state index is 9.79. The highest BCUT2D eigenvalue weighted by atomic mass is 16.5. The average molecular weight is 215 g/mol. The lowest BCUT2D eigenvalue weighted by molar-refractivity contribution is 0.104. The quantitative estimate of drug-likeness (QED) is 0.677. The largest absolute Gasteiger partial charge is 0.392 e. The molecule has 0 saturated heterocycles. The van der Waals surface area contributed by atoms with E-state index >= 15 is 0 Å². The molecule has 0 aliphatic heterocycles. The number of rotatable bonds is 7. The lowest BCUT2D eigenvalue weighted by Gasteiger charge is -2.17. The molecule has 0 aromatic rings. The number of aliphatic hydroxyl groups is 1. The molecule has 0 aromatic heterocycles. The van der Waals surface area contributed by atoms with Crippen molar-refractivity contribution in [2.75, 3.05) is 20.2 Å². The first-order chi connectivity index (χ1) is 7.22. The molecule has 2 atom stereocenters. The highest BCUT2D eigenvalue weighted by Gasteiger charge is 2.18. The van der Waals surface area contributed by atoms with Crippen LogP contribution in [0.25, 0.3) is 0 Å². The van der Waals surface area contributed by atoms with Crippen LogP contribution in [0.15, 0.2) is 0 Å². The number of methoxy groups -OCH3 is 1. The molecule has 0 radical (unpaired) electrons. The SMILES string of the molecule is COC(C)CNCC(O)CC1CCCC1. The monoisotopic (exact) mass is 215 g/mol. The number of ether oxygens (including phenoxy) is 1. The fourth-order valence-electron chi connectivity index (χ4n) is 2.25. The van der Waals surface area contributed by atoms with Crippen LogP contribution in [0.1, 0.15) is 39.0 Å². The zero-order chi connectivity index (χ0) is 11.1. The molecule has 2 N–H and O–H groups in total. The maximum Gasteiger partial charge on any atom is 0.0667 e. The third-order valence-corrected chi connectivity index (χ3v) is 3.29. The van der Waals surface area contributed by atoms with E-state index in [-0.39, 0.29) is 12.2 Å². The molecular weight excluding hydrogens is 190 g/mol. The van der Waals surface area contributed by atoms with Gasteiger partial charge in [-0.05, 0) is 19.3 Å². The Hall–Kier alpha value is -0.120. The van der Waals surface area contributed by atoms with Gasteiger partial charge in [0.2, 0.25) is 0 Å². The van der Waals surface area contributed by atoms with Gasteiger partial charge in [-0.3, -0.25) is 0 Å². The van der Waals surface area contributed by atoms with Crippen molar-refractivity contribution in [2.45, 2.75) is 51.2 Å². The average Bonchev–Trinajstić information content (AvgIpc) is 2.70. The van der Waals surface area contributed by atoms with Gasteiger partial charge in [0.05, 0.1) is 12.2 Å². The topological polar surface area (TPSA) is 41.5 Å². The molecule has 0 aromatic carbocycles. The number of aliphatic hydroxyl groups excluding tert-OH is 1. The zero-order valence-corrected chi connectivity index (χ0v) is 10.0. The summed E-state index contributed by atoms with van der Waals surface area (Å²) in [6, 6.07) is 0. The van der Waals surface area contributed by atoms with Crippen LogP contribution in [0.2, 0.25) is 0 Å². The Kier molecular flexibility index (Phi) is 6.22. The first kappa shape index (κ1) is 12.9. The fourth-order valence-corrected chi connectivity index (χ4v) is 2.25. The van der Waals surface area contributed by atoms with Gasteiger partial charge in [0.15, 0.2) is 0 Å². The molecule has 1 aliphatic carbocycles. The summed E-state index contributed by atoms with van der Waals surface area (Å²) in [5, 5.41) is 13.0. The van der Waals surface area contributed by atoms with E-state index in [1.54, 1.807) is 7.11 Å². The second kappa shape index (κ2) is 7.20. The Labute approximate surface area is 93.2 Å². The van der Waals surface area contributed by atoms with Gasteiger partial charge in [-0.25, -0.2) is 0 Å². The minimum atomic E-state index is -0.183. The van der Waals surface area contributed by atoms with Crippen LogP contribution in [-0.4, -0.2) is 37.5 Å². The summed E-state index contributed by atoms with van der Waals surface area (Å²) in [7, 11) is 1.71. The molecule has 0 heterocycles. The molecule has 1 saturated carbocycles. The van der Waals surface area contributed by atoms with Gasteiger partial charge in [0.1, 0.15) is 0 Å². The zero-order valence-electron chi connectivity index (χ0n) is 10.0. The molecule has 1 aliphatic rings. The van der Waals surface area contributed by atoms with Crippen molar-refractivity contribution in [3.05, 3.63) is 0 Å². The maximum atomic E-state index is 9.79. The molecule has 15 heavy (non-hydrogen) atoms. The van der Waals surface area contributed by atoms with Crippen molar-refractivity contribution in [3.8, 4) is 0 Å². The summed E-state index contributed by atoms with van der Waals surface area (Å²) < 4.78 is 5.12. The molecule has 0 spiro atoms. The third kappa shape index (κ3) is 5.50. The normalized spacial score (nSPS) is 21.8. The fraction of sp³-hybridized carbons (Fsp3) is 1.00. The summed E-state index contributed by atoms with van der Waals surface area (Å²) in [5.74, 6) is 0.765. The van der Waals surface area contributed by atoms with Crippen LogP contribution in [-0.2, 0) is 4.74 Å². The van der Waals surface area contributed by atoms with Crippen LogP contribution in [0.5, 0.6) is 0 Å². The Balaban J connectivity index is 2.00. The van der Waals surface area contributed by atoms with E-state index in [0.717, 1.165) is 18.9 Å². The molecule has 3 nitrogen and oxygen atoms in total. The summed E-state index contributed by atoms with van der Waals surface area (Å²) >= 11 is 0. The summed E-state index contributed by atoms with van der Waals surface area (Å²) in [5.41, 5.74) is 0. The Morgan fingerprint density at radius 1 is 1.33 bits per heavy atom. The van der Waals surface area contributed by atoms with E-state index in [0.29, 0.717) is 6.54 Å². The highest BCUT2D eigenvalue weighted by Crippen LogP contribution is 2.28. The van der Waals surface area contributed by atoms with Crippen molar-refractivity contribution in [3.63, 3.8) is 0 Å². The summed E-state index contributed by atoms with van der Waals surface area (Å²) in [6.45, 7) is 3.54. The highest BCUT2D eigenvalue weighted by molar-refractivity contribution is 4.72. The summed E-state index contributed by atoms with van der Waals surface area (Å²) in [6.07, 6.45) is 6.34. The first-order valence-electron chi connectivity index (χ1n) is 6.14. The van der Waals surface area contributed by atoms with Gasteiger partial charge in [0.25, 0.3) is 0 Å². The van der Waals surface area contributed by atoms with Gasteiger partial charge in [0, 0.05) is 20.2 Å². The second-order valence-electron chi connectivity index (χ2n) is 4.74. The lowest BCUT2D eigenvalue weighted by Crippen LogP contribution is -2.33. The van der Waals surface area contributed by atoms with Gasteiger partial charge < -0.3 is 15.2 Å². The standard InChI is InChI=1S/C12H25NO2/c1-10(15-2)8-13-9-12(14)7-11-5-3-4-6-11/h10-14H,3-9H2,1-2H3. The molecule has 1 fully saturated rings. The van der Waals surface area contributed by atoms with Gasteiger partial charge in [-0.15, -0.1) is 0 Å². The molecule has 2 unspecified atom stereocenters. The van der Waals surface area contributed by atoms with Crippen LogP contribution >= 0.6 is 0 Å². The third-order valence-electron chi connectivity index (χ3n) is 3.29. The predicted molar refractivity (Wildman–Crippen MR) is 61.9 cm³/mol.